The Labute approximate surface area is 161 Å². The second-order valence-electron chi connectivity index (χ2n) is 6.22. The van der Waals surface area contributed by atoms with Crippen LogP contribution in [0.25, 0.3) is 11.3 Å². The zero-order valence-corrected chi connectivity index (χ0v) is 16.4. The molecule has 0 radical (unpaired) electrons. The van der Waals surface area contributed by atoms with Crippen LogP contribution in [-0.4, -0.2) is 23.7 Å². The highest BCUT2D eigenvalue weighted by Gasteiger charge is 2.36. The lowest BCUT2D eigenvalue weighted by atomic mass is 10.2. The van der Waals surface area contributed by atoms with Gasteiger partial charge in [0.2, 0.25) is 11.7 Å². The summed E-state index contributed by atoms with van der Waals surface area (Å²) in [6.45, 7) is 5.27. The van der Waals surface area contributed by atoms with Crippen LogP contribution in [0.1, 0.15) is 50.2 Å². The minimum absolute atomic E-state index is 0.0187. The predicted molar refractivity (Wildman–Crippen MR) is 91.9 cm³/mol. The molecular formula is C15H15F3N4O4S2. The second kappa shape index (κ2) is 7.29. The van der Waals surface area contributed by atoms with Crippen LogP contribution in [0.4, 0.5) is 13.2 Å². The van der Waals surface area contributed by atoms with Gasteiger partial charge >= 0.3 is 6.18 Å². The van der Waals surface area contributed by atoms with Crippen LogP contribution in [0.3, 0.4) is 0 Å². The molecule has 3 aromatic rings. The fourth-order valence-corrected chi connectivity index (χ4v) is 4.52. The molecule has 1 atom stereocenters. The Morgan fingerprint density at radius 2 is 1.86 bits per heavy atom. The van der Waals surface area contributed by atoms with Crippen molar-refractivity contribution in [3.8, 4) is 11.3 Å². The van der Waals surface area contributed by atoms with E-state index >= 15 is 0 Å². The predicted octanol–water partition coefficient (Wildman–Crippen LogP) is 3.97. The number of aromatic nitrogens is 3. The summed E-state index contributed by atoms with van der Waals surface area (Å²) in [5.74, 6) is -0.686. The molecule has 28 heavy (non-hydrogen) atoms. The number of halogens is 3. The summed E-state index contributed by atoms with van der Waals surface area (Å²) in [5, 5.41) is 8.49. The van der Waals surface area contributed by atoms with Crippen molar-refractivity contribution in [3.05, 3.63) is 35.0 Å². The summed E-state index contributed by atoms with van der Waals surface area (Å²) in [5.41, 5.74) is 0.0775. The molecule has 3 rings (SSSR count). The Bertz CT molecular complexity index is 1070. The summed E-state index contributed by atoms with van der Waals surface area (Å²) in [6, 6.07) is 1.13. The number of alkyl halides is 3. The number of thiophene rings is 1. The highest BCUT2D eigenvalue weighted by Crippen LogP contribution is 2.34. The van der Waals surface area contributed by atoms with Gasteiger partial charge in [0.15, 0.2) is 5.82 Å². The third-order valence-electron chi connectivity index (χ3n) is 3.60. The van der Waals surface area contributed by atoms with Crippen molar-refractivity contribution < 1.29 is 30.6 Å². The number of sulfonamides is 1. The standard InChI is InChI=1S/C15H15F3N4O4S2/c1-7(2)13-19-14(26-21-13)8(3)22-28(23,24)12-4-9(6-27-12)10-5-11(25-20-10)15(16,17)18/h4-8,22H,1-3H3/t8-/m0/s1. The van der Waals surface area contributed by atoms with Crippen molar-refractivity contribution in [2.24, 2.45) is 0 Å². The van der Waals surface area contributed by atoms with Crippen molar-refractivity contribution in [3.63, 3.8) is 0 Å². The van der Waals surface area contributed by atoms with Crippen molar-refractivity contribution in [1.82, 2.24) is 20.0 Å². The van der Waals surface area contributed by atoms with E-state index in [1.807, 2.05) is 13.8 Å². The number of hydrogen-bond acceptors (Lipinski definition) is 8. The molecule has 0 amide bonds. The first-order valence-corrected chi connectivity index (χ1v) is 10.3. The molecule has 0 aliphatic heterocycles. The summed E-state index contributed by atoms with van der Waals surface area (Å²) in [7, 11) is -3.97. The van der Waals surface area contributed by atoms with E-state index in [2.05, 4.69) is 24.5 Å². The van der Waals surface area contributed by atoms with E-state index < -0.39 is 28.0 Å². The Kier molecular flexibility index (Phi) is 5.34. The minimum Gasteiger partial charge on any atom is -0.351 e. The number of hydrogen-bond donors (Lipinski definition) is 1. The Morgan fingerprint density at radius 1 is 1.14 bits per heavy atom. The first-order valence-electron chi connectivity index (χ1n) is 7.96. The van der Waals surface area contributed by atoms with E-state index in [4.69, 9.17) is 4.52 Å². The third kappa shape index (κ3) is 4.25. The molecule has 1 N–H and O–H groups in total. The number of nitrogens with one attached hydrogen (secondary N) is 1. The van der Waals surface area contributed by atoms with Gasteiger partial charge in [-0.1, -0.05) is 24.2 Å². The Balaban J connectivity index is 1.78. The highest BCUT2D eigenvalue weighted by atomic mass is 32.2. The second-order valence-corrected chi connectivity index (χ2v) is 9.07. The fourth-order valence-electron chi connectivity index (χ4n) is 2.14. The monoisotopic (exact) mass is 436 g/mol. The van der Waals surface area contributed by atoms with Crippen LogP contribution in [0.2, 0.25) is 0 Å². The summed E-state index contributed by atoms with van der Waals surface area (Å²) in [4.78, 5) is 4.14. The lowest BCUT2D eigenvalue weighted by molar-refractivity contribution is -0.155. The van der Waals surface area contributed by atoms with E-state index in [1.165, 1.54) is 18.4 Å². The van der Waals surface area contributed by atoms with Crippen molar-refractivity contribution in [2.45, 2.75) is 43.1 Å². The van der Waals surface area contributed by atoms with Crippen molar-refractivity contribution >= 4 is 21.4 Å². The van der Waals surface area contributed by atoms with Crippen LogP contribution in [0.5, 0.6) is 0 Å². The normalized spacial score (nSPS) is 14.0. The fraction of sp³-hybridized carbons (Fsp3) is 0.400. The number of rotatable bonds is 6. The highest BCUT2D eigenvalue weighted by molar-refractivity contribution is 7.91. The molecule has 8 nitrogen and oxygen atoms in total. The largest absolute Gasteiger partial charge is 0.452 e. The molecular weight excluding hydrogens is 421 g/mol. The molecule has 3 aromatic heterocycles. The molecule has 0 fully saturated rings. The lowest BCUT2D eigenvalue weighted by Crippen LogP contribution is -2.26. The van der Waals surface area contributed by atoms with Gasteiger partial charge in [0.05, 0.1) is 6.04 Å². The van der Waals surface area contributed by atoms with Crippen molar-refractivity contribution in [2.75, 3.05) is 0 Å². The van der Waals surface area contributed by atoms with Gasteiger partial charge in [-0.2, -0.15) is 22.9 Å². The topological polar surface area (TPSA) is 111 Å². The van der Waals surface area contributed by atoms with Crippen LogP contribution in [-0.2, 0) is 16.2 Å². The van der Waals surface area contributed by atoms with Gasteiger partial charge in [0.1, 0.15) is 9.90 Å². The van der Waals surface area contributed by atoms with E-state index in [-0.39, 0.29) is 27.3 Å². The van der Waals surface area contributed by atoms with Gasteiger partial charge in [-0.05, 0) is 13.0 Å². The molecule has 3 heterocycles. The molecule has 0 unspecified atom stereocenters. The summed E-state index contributed by atoms with van der Waals surface area (Å²) < 4.78 is 74.6. The van der Waals surface area contributed by atoms with E-state index in [9.17, 15) is 21.6 Å². The zero-order chi connectivity index (χ0) is 20.7. The smallest absolute Gasteiger partial charge is 0.351 e. The third-order valence-corrected chi connectivity index (χ3v) is 6.58. The molecule has 152 valence electrons. The molecule has 13 heteroatoms. The van der Waals surface area contributed by atoms with Gasteiger partial charge in [-0.15, -0.1) is 11.3 Å². The van der Waals surface area contributed by atoms with E-state index in [1.54, 1.807) is 0 Å². The minimum atomic E-state index is -4.67. The van der Waals surface area contributed by atoms with Gasteiger partial charge < -0.3 is 9.05 Å². The Hall–Kier alpha value is -2.25. The molecule has 0 aromatic carbocycles. The van der Waals surface area contributed by atoms with Crippen molar-refractivity contribution in [1.29, 1.82) is 0 Å². The lowest BCUT2D eigenvalue weighted by Gasteiger charge is -2.08. The Morgan fingerprint density at radius 3 is 2.43 bits per heavy atom. The van der Waals surface area contributed by atoms with Crippen LogP contribution < -0.4 is 4.72 Å². The molecule has 0 aliphatic carbocycles. The molecule has 0 spiro atoms. The maximum absolute atomic E-state index is 12.6. The zero-order valence-electron chi connectivity index (χ0n) is 14.8. The molecule has 0 bridgehead atoms. The average molecular weight is 436 g/mol. The van der Waals surface area contributed by atoms with Gasteiger partial charge in [-0.3, -0.25) is 0 Å². The van der Waals surface area contributed by atoms with E-state index in [0.717, 1.165) is 11.3 Å². The van der Waals surface area contributed by atoms with E-state index in [0.29, 0.717) is 11.9 Å². The van der Waals surface area contributed by atoms with Gasteiger partial charge in [-0.25, -0.2) is 8.42 Å². The molecule has 0 saturated heterocycles. The van der Waals surface area contributed by atoms with Crippen LogP contribution in [0, 0.1) is 0 Å². The maximum Gasteiger partial charge on any atom is 0.452 e. The summed E-state index contributed by atoms with van der Waals surface area (Å²) in [6.07, 6.45) is -4.67. The van der Waals surface area contributed by atoms with Gasteiger partial charge in [0.25, 0.3) is 10.0 Å². The molecule has 0 aliphatic rings. The molecule has 0 saturated carbocycles. The quantitative estimate of drug-likeness (QED) is 0.622. The van der Waals surface area contributed by atoms with Crippen LogP contribution in [0.15, 0.2) is 30.8 Å². The summed E-state index contributed by atoms with van der Waals surface area (Å²) >= 11 is 0.835. The SMILES string of the molecule is CC(C)c1noc([C@H](C)NS(=O)(=O)c2cc(-c3cc(C(F)(F)F)on3)cs2)n1. The number of nitrogens with zero attached hydrogens (tertiary/aromatic N) is 3. The first-order chi connectivity index (χ1) is 13.0. The van der Waals surface area contributed by atoms with Gasteiger partial charge in [0, 0.05) is 22.9 Å². The maximum atomic E-state index is 12.6. The first kappa shape index (κ1) is 20.5. The average Bonchev–Trinajstić information content (AvgIpc) is 3.32. The van der Waals surface area contributed by atoms with Crippen LogP contribution >= 0.6 is 11.3 Å².